The van der Waals surface area contributed by atoms with Crippen LogP contribution >= 0.6 is 23.1 Å². The minimum atomic E-state index is 0.685. The van der Waals surface area contributed by atoms with E-state index in [0.717, 1.165) is 25.3 Å². The number of nitrogens with one attached hydrogen (secondary N) is 1. The standard InChI is InChI=1S/C14H26N2S2/c1-5-7-8-15-9-13-12(6-2)16-14(18-13)10-17-11(3)4/h11,15H,5-10H2,1-4H3. The minimum Gasteiger partial charge on any atom is -0.312 e. The zero-order valence-corrected chi connectivity index (χ0v) is 13.7. The van der Waals surface area contributed by atoms with Crippen molar-refractivity contribution in [3.63, 3.8) is 0 Å². The zero-order chi connectivity index (χ0) is 13.4. The van der Waals surface area contributed by atoms with E-state index in [9.17, 15) is 0 Å². The molecule has 1 aromatic rings. The number of hydrogen-bond donors (Lipinski definition) is 1. The van der Waals surface area contributed by atoms with E-state index in [1.165, 1.54) is 28.4 Å². The van der Waals surface area contributed by atoms with E-state index >= 15 is 0 Å². The summed E-state index contributed by atoms with van der Waals surface area (Å²) in [6, 6.07) is 0. The van der Waals surface area contributed by atoms with Gasteiger partial charge in [0.15, 0.2) is 0 Å². The van der Waals surface area contributed by atoms with Crippen LogP contribution in [-0.4, -0.2) is 16.8 Å². The van der Waals surface area contributed by atoms with Gasteiger partial charge in [-0.05, 0) is 24.6 Å². The lowest BCUT2D eigenvalue weighted by Crippen LogP contribution is -2.14. The van der Waals surface area contributed by atoms with Gasteiger partial charge in [-0.3, -0.25) is 0 Å². The predicted octanol–water partition coefficient (Wildman–Crippen LogP) is 4.24. The van der Waals surface area contributed by atoms with Gasteiger partial charge in [0.05, 0.1) is 5.69 Å². The van der Waals surface area contributed by atoms with Gasteiger partial charge in [0, 0.05) is 17.2 Å². The number of thiazole rings is 1. The van der Waals surface area contributed by atoms with Gasteiger partial charge in [0.25, 0.3) is 0 Å². The van der Waals surface area contributed by atoms with E-state index in [1.807, 2.05) is 23.1 Å². The van der Waals surface area contributed by atoms with E-state index < -0.39 is 0 Å². The fourth-order valence-electron chi connectivity index (χ4n) is 1.65. The normalized spacial score (nSPS) is 11.4. The van der Waals surface area contributed by atoms with Crippen molar-refractivity contribution in [3.8, 4) is 0 Å². The molecule has 0 aliphatic heterocycles. The Labute approximate surface area is 120 Å². The van der Waals surface area contributed by atoms with Crippen LogP contribution in [-0.2, 0) is 18.7 Å². The first-order valence-corrected chi connectivity index (χ1v) is 8.83. The van der Waals surface area contributed by atoms with Crippen LogP contribution in [0.15, 0.2) is 0 Å². The Morgan fingerprint density at radius 3 is 2.72 bits per heavy atom. The maximum absolute atomic E-state index is 4.76. The third-order valence-electron chi connectivity index (χ3n) is 2.69. The summed E-state index contributed by atoms with van der Waals surface area (Å²) in [5.74, 6) is 1.06. The van der Waals surface area contributed by atoms with Crippen LogP contribution in [0.3, 0.4) is 0 Å². The maximum atomic E-state index is 4.76. The first-order valence-electron chi connectivity index (χ1n) is 6.97. The number of aryl methyl sites for hydroxylation is 1. The quantitative estimate of drug-likeness (QED) is 0.687. The third-order valence-corrected chi connectivity index (χ3v) is 5.08. The van der Waals surface area contributed by atoms with Crippen molar-refractivity contribution < 1.29 is 0 Å². The fraction of sp³-hybridized carbons (Fsp3) is 0.786. The highest BCUT2D eigenvalue weighted by atomic mass is 32.2. The molecular formula is C14H26N2S2. The molecule has 0 aliphatic rings. The lowest BCUT2D eigenvalue weighted by Gasteiger charge is -2.02. The van der Waals surface area contributed by atoms with Gasteiger partial charge in [-0.1, -0.05) is 34.1 Å². The molecule has 0 bridgehead atoms. The molecule has 104 valence electrons. The summed E-state index contributed by atoms with van der Waals surface area (Å²) in [7, 11) is 0. The zero-order valence-electron chi connectivity index (χ0n) is 12.1. The van der Waals surface area contributed by atoms with Crippen molar-refractivity contribution in [1.29, 1.82) is 0 Å². The Morgan fingerprint density at radius 1 is 1.33 bits per heavy atom. The Balaban J connectivity index is 2.49. The van der Waals surface area contributed by atoms with Gasteiger partial charge in [0.1, 0.15) is 5.01 Å². The lowest BCUT2D eigenvalue weighted by molar-refractivity contribution is 0.642. The van der Waals surface area contributed by atoms with Crippen LogP contribution in [0.1, 0.15) is 56.1 Å². The molecule has 0 saturated carbocycles. The molecule has 1 aromatic heterocycles. The SMILES string of the molecule is CCCCNCc1sc(CSC(C)C)nc1CC. The van der Waals surface area contributed by atoms with Gasteiger partial charge in [-0.25, -0.2) is 4.98 Å². The third kappa shape index (κ3) is 5.72. The second kappa shape index (κ2) is 8.94. The highest BCUT2D eigenvalue weighted by Crippen LogP contribution is 2.24. The number of nitrogens with zero attached hydrogens (tertiary/aromatic N) is 1. The Bertz CT molecular complexity index is 335. The summed E-state index contributed by atoms with van der Waals surface area (Å²) in [5, 5.41) is 5.49. The van der Waals surface area contributed by atoms with Crippen molar-refractivity contribution in [3.05, 3.63) is 15.6 Å². The second-order valence-corrected chi connectivity index (χ2v) is 7.45. The van der Waals surface area contributed by atoms with E-state index in [4.69, 9.17) is 4.98 Å². The van der Waals surface area contributed by atoms with Gasteiger partial charge in [-0.15, -0.1) is 11.3 Å². The van der Waals surface area contributed by atoms with Crippen LogP contribution in [0, 0.1) is 0 Å². The van der Waals surface area contributed by atoms with Gasteiger partial charge < -0.3 is 5.32 Å². The van der Waals surface area contributed by atoms with E-state index in [1.54, 1.807) is 0 Å². The highest BCUT2D eigenvalue weighted by Gasteiger charge is 2.09. The Kier molecular flexibility index (Phi) is 7.95. The lowest BCUT2D eigenvalue weighted by atomic mass is 10.3. The molecule has 0 spiro atoms. The van der Waals surface area contributed by atoms with Crippen molar-refractivity contribution in [2.45, 2.75) is 64.5 Å². The van der Waals surface area contributed by atoms with Crippen molar-refractivity contribution in [1.82, 2.24) is 10.3 Å². The molecule has 4 heteroatoms. The highest BCUT2D eigenvalue weighted by molar-refractivity contribution is 7.99. The molecule has 1 heterocycles. The molecule has 0 amide bonds. The first kappa shape index (κ1) is 16.0. The molecule has 2 nitrogen and oxygen atoms in total. The molecule has 0 aliphatic carbocycles. The van der Waals surface area contributed by atoms with Crippen molar-refractivity contribution >= 4 is 23.1 Å². The topological polar surface area (TPSA) is 24.9 Å². The molecule has 18 heavy (non-hydrogen) atoms. The molecule has 0 aromatic carbocycles. The molecule has 0 radical (unpaired) electrons. The summed E-state index contributed by atoms with van der Waals surface area (Å²) in [6.45, 7) is 11.0. The largest absolute Gasteiger partial charge is 0.312 e. The molecular weight excluding hydrogens is 260 g/mol. The summed E-state index contributed by atoms with van der Waals surface area (Å²) in [4.78, 5) is 6.20. The van der Waals surface area contributed by atoms with Crippen LogP contribution in [0.2, 0.25) is 0 Å². The first-order chi connectivity index (χ1) is 8.67. The number of rotatable bonds is 9. The summed E-state index contributed by atoms with van der Waals surface area (Å²) < 4.78 is 0. The summed E-state index contributed by atoms with van der Waals surface area (Å²) in [6.07, 6.45) is 3.57. The van der Waals surface area contributed by atoms with Gasteiger partial charge in [-0.2, -0.15) is 11.8 Å². The van der Waals surface area contributed by atoms with E-state index in [2.05, 4.69) is 33.0 Å². The summed E-state index contributed by atoms with van der Waals surface area (Å²) in [5.41, 5.74) is 1.29. The number of aromatic nitrogens is 1. The molecule has 1 N–H and O–H groups in total. The van der Waals surface area contributed by atoms with Crippen molar-refractivity contribution in [2.24, 2.45) is 0 Å². The smallest absolute Gasteiger partial charge is 0.103 e. The Morgan fingerprint density at radius 2 is 2.11 bits per heavy atom. The van der Waals surface area contributed by atoms with Gasteiger partial charge in [0.2, 0.25) is 0 Å². The van der Waals surface area contributed by atoms with E-state index in [0.29, 0.717) is 5.25 Å². The van der Waals surface area contributed by atoms with Crippen LogP contribution in [0.4, 0.5) is 0 Å². The van der Waals surface area contributed by atoms with Crippen molar-refractivity contribution in [2.75, 3.05) is 6.54 Å². The molecule has 1 rings (SSSR count). The molecule has 0 atom stereocenters. The van der Waals surface area contributed by atoms with E-state index in [-0.39, 0.29) is 0 Å². The fourth-order valence-corrected chi connectivity index (χ4v) is 3.56. The predicted molar refractivity (Wildman–Crippen MR) is 84.5 cm³/mol. The van der Waals surface area contributed by atoms with Gasteiger partial charge >= 0.3 is 0 Å². The number of unbranched alkanes of at least 4 members (excludes halogenated alkanes) is 1. The second-order valence-electron chi connectivity index (χ2n) is 4.72. The summed E-state index contributed by atoms with van der Waals surface area (Å²) >= 11 is 3.87. The minimum absolute atomic E-state index is 0.685. The molecule has 0 saturated heterocycles. The average Bonchev–Trinajstić information content (AvgIpc) is 2.74. The average molecular weight is 287 g/mol. The molecule has 0 unspecified atom stereocenters. The maximum Gasteiger partial charge on any atom is 0.103 e. The van der Waals surface area contributed by atoms with Crippen LogP contribution in [0.5, 0.6) is 0 Å². The van der Waals surface area contributed by atoms with Crippen LogP contribution < -0.4 is 5.32 Å². The monoisotopic (exact) mass is 286 g/mol. The number of thioether (sulfide) groups is 1. The molecule has 0 fully saturated rings. The van der Waals surface area contributed by atoms with Crippen LogP contribution in [0.25, 0.3) is 0 Å². The number of hydrogen-bond acceptors (Lipinski definition) is 4. The Hall–Kier alpha value is -0.0600.